The minimum Gasteiger partial charge on any atom is -0.316 e. The summed E-state index contributed by atoms with van der Waals surface area (Å²) in [4.78, 5) is 0.380. The summed E-state index contributed by atoms with van der Waals surface area (Å²) in [7, 11) is 0.558. The van der Waals surface area contributed by atoms with Crippen LogP contribution in [0.4, 0.5) is 8.78 Å². The molecule has 0 bridgehead atoms. The van der Waals surface area contributed by atoms with Gasteiger partial charge in [-0.05, 0) is 50.4 Å². The lowest BCUT2D eigenvalue weighted by molar-refractivity contribution is 0.301. The molecular weight excluding hydrogens is 280 g/mol. The number of halogens is 2. The third kappa shape index (κ3) is 3.26. The molecule has 0 aliphatic heterocycles. The Bertz CT molecular complexity index is 495. The van der Waals surface area contributed by atoms with E-state index in [0.717, 1.165) is 37.8 Å². The molecule has 0 amide bonds. The molecule has 4 atom stereocenters. The summed E-state index contributed by atoms with van der Waals surface area (Å²) in [6, 6.07) is 3.72. The van der Waals surface area contributed by atoms with Crippen LogP contribution in [-0.2, 0) is 10.8 Å². The topological polar surface area (TPSA) is 29.1 Å². The van der Waals surface area contributed by atoms with Gasteiger partial charge in [-0.1, -0.05) is 13.3 Å². The van der Waals surface area contributed by atoms with Crippen LogP contribution < -0.4 is 5.32 Å². The van der Waals surface area contributed by atoms with Crippen LogP contribution in [0, 0.1) is 17.6 Å². The molecule has 20 heavy (non-hydrogen) atoms. The lowest BCUT2D eigenvalue weighted by atomic mass is 9.84. The fraction of sp³-hybridized carbons (Fsp3) is 0.600. The second kappa shape index (κ2) is 6.76. The highest BCUT2D eigenvalue weighted by molar-refractivity contribution is 7.85. The summed E-state index contributed by atoms with van der Waals surface area (Å²) in [5.74, 6) is -1.26. The molecule has 0 radical (unpaired) electrons. The van der Waals surface area contributed by atoms with Crippen LogP contribution in [0.25, 0.3) is 0 Å². The molecule has 5 heteroatoms. The molecule has 4 unspecified atom stereocenters. The fourth-order valence-corrected chi connectivity index (χ4v) is 4.72. The Kier molecular flexibility index (Phi) is 5.27. The molecular formula is C15H21F2NOS. The van der Waals surface area contributed by atoms with Crippen molar-refractivity contribution < 1.29 is 13.0 Å². The van der Waals surface area contributed by atoms with E-state index in [1.165, 1.54) is 6.07 Å². The highest BCUT2D eigenvalue weighted by Gasteiger charge is 2.33. The Hall–Kier alpha value is -0.810. The third-order valence-corrected chi connectivity index (χ3v) is 6.04. The molecule has 1 aliphatic carbocycles. The van der Waals surface area contributed by atoms with Crippen LogP contribution in [0.1, 0.15) is 32.6 Å². The quantitative estimate of drug-likeness (QED) is 0.925. The molecule has 2 rings (SSSR count). The molecule has 1 fully saturated rings. The van der Waals surface area contributed by atoms with Crippen LogP contribution in [0.5, 0.6) is 0 Å². The maximum absolute atomic E-state index is 13.3. The van der Waals surface area contributed by atoms with E-state index in [1.807, 2.05) is 7.05 Å². The first-order valence-corrected chi connectivity index (χ1v) is 8.31. The van der Waals surface area contributed by atoms with E-state index in [0.29, 0.717) is 10.8 Å². The maximum Gasteiger partial charge on any atom is 0.160 e. The molecule has 112 valence electrons. The first-order chi connectivity index (χ1) is 9.56. The second-order valence-electron chi connectivity index (χ2n) is 5.39. The Balaban J connectivity index is 2.22. The van der Waals surface area contributed by atoms with Gasteiger partial charge in [0.25, 0.3) is 0 Å². The maximum atomic E-state index is 13.3. The first-order valence-electron chi connectivity index (χ1n) is 7.09. The van der Waals surface area contributed by atoms with Gasteiger partial charge in [0.15, 0.2) is 11.6 Å². The zero-order chi connectivity index (χ0) is 14.7. The number of hydrogen-bond donors (Lipinski definition) is 1. The lowest BCUT2D eigenvalue weighted by Crippen LogP contribution is -2.44. The van der Waals surface area contributed by atoms with Crippen LogP contribution in [0.2, 0.25) is 0 Å². The first kappa shape index (κ1) is 15.6. The highest BCUT2D eigenvalue weighted by Crippen LogP contribution is 2.32. The molecule has 0 heterocycles. The largest absolute Gasteiger partial charge is 0.316 e. The predicted molar refractivity (Wildman–Crippen MR) is 77.0 cm³/mol. The zero-order valence-corrected chi connectivity index (χ0v) is 12.7. The molecule has 1 N–H and O–H groups in total. The Morgan fingerprint density at radius 2 is 2.05 bits per heavy atom. The van der Waals surface area contributed by atoms with Crippen molar-refractivity contribution >= 4 is 10.8 Å². The van der Waals surface area contributed by atoms with Crippen molar-refractivity contribution in [3.05, 3.63) is 29.8 Å². The zero-order valence-electron chi connectivity index (χ0n) is 11.9. The van der Waals surface area contributed by atoms with E-state index in [9.17, 15) is 13.0 Å². The normalized spacial score (nSPS) is 28.3. The van der Waals surface area contributed by atoms with Crippen LogP contribution in [0.15, 0.2) is 23.1 Å². The number of hydrogen-bond acceptors (Lipinski definition) is 2. The van der Waals surface area contributed by atoms with Gasteiger partial charge < -0.3 is 5.32 Å². The van der Waals surface area contributed by atoms with Crippen molar-refractivity contribution in [2.24, 2.45) is 5.92 Å². The van der Waals surface area contributed by atoms with E-state index < -0.39 is 22.4 Å². The summed E-state index contributed by atoms with van der Waals surface area (Å²) in [5.41, 5.74) is 0. The molecule has 1 aromatic rings. The van der Waals surface area contributed by atoms with Crippen molar-refractivity contribution in [1.82, 2.24) is 5.32 Å². The van der Waals surface area contributed by atoms with Crippen LogP contribution >= 0.6 is 0 Å². The van der Waals surface area contributed by atoms with Crippen molar-refractivity contribution in [2.75, 3.05) is 7.05 Å². The van der Waals surface area contributed by atoms with Gasteiger partial charge in [0.1, 0.15) is 0 Å². The molecule has 0 saturated heterocycles. The predicted octanol–water partition coefficient (Wildman–Crippen LogP) is 3.24. The Labute approximate surface area is 121 Å². The van der Waals surface area contributed by atoms with Crippen molar-refractivity contribution in [3.8, 4) is 0 Å². The molecule has 0 spiro atoms. The number of rotatable bonds is 4. The second-order valence-corrected chi connectivity index (χ2v) is 7.07. The Morgan fingerprint density at radius 3 is 2.65 bits per heavy atom. The average Bonchev–Trinajstić information content (AvgIpc) is 2.48. The van der Waals surface area contributed by atoms with Gasteiger partial charge in [0.05, 0.1) is 16.0 Å². The van der Waals surface area contributed by atoms with Gasteiger partial charge in [0.2, 0.25) is 0 Å². The van der Waals surface area contributed by atoms with Gasteiger partial charge in [-0.2, -0.15) is 0 Å². The standard InChI is InChI=1S/C15H21F2NOS/c1-3-10-4-7-14(18-2)15(8-10)20(19)11-5-6-12(16)13(17)9-11/h5-6,9-10,14-15,18H,3-4,7-8H2,1-2H3. The fourth-order valence-electron chi connectivity index (χ4n) is 2.93. The SMILES string of the molecule is CCC1CCC(NC)C(S(=O)c2ccc(F)c(F)c2)C1. The monoisotopic (exact) mass is 301 g/mol. The van der Waals surface area contributed by atoms with E-state index in [4.69, 9.17) is 0 Å². The van der Waals surface area contributed by atoms with Gasteiger partial charge >= 0.3 is 0 Å². The molecule has 1 saturated carbocycles. The number of nitrogens with one attached hydrogen (secondary N) is 1. The Morgan fingerprint density at radius 1 is 1.30 bits per heavy atom. The van der Waals surface area contributed by atoms with Crippen molar-refractivity contribution in [1.29, 1.82) is 0 Å². The van der Waals surface area contributed by atoms with Crippen LogP contribution in [-0.4, -0.2) is 22.5 Å². The number of benzene rings is 1. The lowest BCUT2D eigenvalue weighted by Gasteiger charge is -2.35. The third-order valence-electron chi connectivity index (χ3n) is 4.25. The molecule has 1 aromatic carbocycles. The summed E-state index contributed by atoms with van der Waals surface area (Å²) in [6.45, 7) is 2.14. The summed E-state index contributed by atoms with van der Waals surface area (Å²) < 4.78 is 39.0. The molecule has 0 aromatic heterocycles. The van der Waals surface area contributed by atoms with Crippen molar-refractivity contribution in [2.45, 2.75) is 48.8 Å². The van der Waals surface area contributed by atoms with E-state index >= 15 is 0 Å². The van der Waals surface area contributed by atoms with Crippen molar-refractivity contribution in [3.63, 3.8) is 0 Å². The highest BCUT2D eigenvalue weighted by atomic mass is 32.2. The van der Waals surface area contributed by atoms with Gasteiger partial charge in [-0.25, -0.2) is 8.78 Å². The summed E-state index contributed by atoms with van der Waals surface area (Å²) in [6.07, 6.45) is 4.05. The van der Waals surface area contributed by atoms with Gasteiger partial charge in [-0.3, -0.25) is 4.21 Å². The van der Waals surface area contributed by atoms with Gasteiger partial charge in [-0.15, -0.1) is 0 Å². The van der Waals surface area contributed by atoms with E-state index in [-0.39, 0.29) is 11.3 Å². The average molecular weight is 301 g/mol. The molecule has 1 aliphatic rings. The minimum atomic E-state index is -1.31. The van der Waals surface area contributed by atoms with E-state index in [1.54, 1.807) is 0 Å². The summed E-state index contributed by atoms with van der Waals surface area (Å²) in [5, 5.41) is 3.18. The smallest absolute Gasteiger partial charge is 0.160 e. The van der Waals surface area contributed by atoms with Crippen LogP contribution in [0.3, 0.4) is 0 Å². The summed E-state index contributed by atoms with van der Waals surface area (Å²) >= 11 is 0. The van der Waals surface area contributed by atoms with E-state index in [2.05, 4.69) is 12.2 Å². The minimum absolute atomic E-state index is 0.0384. The van der Waals surface area contributed by atoms with Gasteiger partial charge in [0, 0.05) is 10.9 Å². The molecule has 2 nitrogen and oxygen atoms in total.